The topological polar surface area (TPSA) is 25.8 Å². The summed E-state index contributed by atoms with van der Waals surface area (Å²) in [4.78, 5) is 8.62. The summed E-state index contributed by atoms with van der Waals surface area (Å²) in [6, 6.07) is 10.2. The first kappa shape index (κ1) is 11.1. The van der Waals surface area contributed by atoms with Crippen molar-refractivity contribution in [3.63, 3.8) is 0 Å². The van der Waals surface area contributed by atoms with Crippen LogP contribution in [0.5, 0.6) is 0 Å². The van der Waals surface area contributed by atoms with Gasteiger partial charge in [0.1, 0.15) is 5.82 Å². The van der Waals surface area contributed by atoms with Gasteiger partial charge in [0, 0.05) is 12.6 Å². The van der Waals surface area contributed by atoms with Crippen LogP contribution in [0, 0.1) is 6.92 Å². The molecular formula is C13H13ClN2. The second-order valence-electron chi connectivity index (χ2n) is 3.76. The van der Waals surface area contributed by atoms with E-state index >= 15 is 0 Å². The highest BCUT2D eigenvalue weighted by Gasteiger charge is 2.00. The van der Waals surface area contributed by atoms with E-state index in [0.29, 0.717) is 5.88 Å². The van der Waals surface area contributed by atoms with Gasteiger partial charge in [0.25, 0.3) is 0 Å². The summed E-state index contributed by atoms with van der Waals surface area (Å²) >= 11 is 5.74. The van der Waals surface area contributed by atoms with Crippen LogP contribution in [0.15, 0.2) is 36.5 Å². The van der Waals surface area contributed by atoms with Crippen molar-refractivity contribution in [2.75, 3.05) is 0 Å². The van der Waals surface area contributed by atoms with Crippen molar-refractivity contribution >= 4 is 11.6 Å². The van der Waals surface area contributed by atoms with Crippen molar-refractivity contribution in [3.8, 4) is 0 Å². The number of aromatic nitrogens is 2. The zero-order valence-corrected chi connectivity index (χ0v) is 9.91. The number of hydrogen-bond acceptors (Lipinski definition) is 2. The van der Waals surface area contributed by atoms with Gasteiger partial charge >= 0.3 is 0 Å². The van der Waals surface area contributed by atoms with E-state index < -0.39 is 0 Å². The van der Waals surface area contributed by atoms with Crippen molar-refractivity contribution < 1.29 is 0 Å². The third kappa shape index (κ3) is 2.80. The van der Waals surface area contributed by atoms with Crippen LogP contribution in [0.3, 0.4) is 0 Å². The molecule has 0 spiro atoms. The molecule has 0 saturated carbocycles. The monoisotopic (exact) mass is 232 g/mol. The van der Waals surface area contributed by atoms with E-state index in [4.69, 9.17) is 11.6 Å². The Kier molecular flexibility index (Phi) is 3.52. The molecule has 0 radical (unpaired) electrons. The highest BCUT2D eigenvalue weighted by atomic mass is 35.5. The van der Waals surface area contributed by atoms with Gasteiger partial charge in [-0.2, -0.15) is 0 Å². The summed E-state index contributed by atoms with van der Waals surface area (Å²) < 4.78 is 0. The van der Waals surface area contributed by atoms with Crippen molar-refractivity contribution in [2.24, 2.45) is 0 Å². The fourth-order valence-electron chi connectivity index (χ4n) is 1.61. The first-order valence-electron chi connectivity index (χ1n) is 5.20. The molecule has 2 aromatic rings. The van der Waals surface area contributed by atoms with E-state index in [0.717, 1.165) is 17.9 Å². The van der Waals surface area contributed by atoms with E-state index in [1.165, 1.54) is 11.1 Å². The van der Waals surface area contributed by atoms with Crippen molar-refractivity contribution in [2.45, 2.75) is 19.2 Å². The molecule has 0 aliphatic heterocycles. The molecule has 0 N–H and O–H groups in total. The quantitative estimate of drug-likeness (QED) is 0.760. The minimum atomic E-state index is 0.434. The summed E-state index contributed by atoms with van der Waals surface area (Å²) in [5.74, 6) is 1.26. The predicted molar refractivity (Wildman–Crippen MR) is 65.6 cm³/mol. The summed E-state index contributed by atoms with van der Waals surface area (Å²) in [5.41, 5.74) is 3.36. The Balaban J connectivity index is 2.20. The van der Waals surface area contributed by atoms with Crippen LogP contribution in [-0.4, -0.2) is 9.97 Å². The van der Waals surface area contributed by atoms with Gasteiger partial charge in [-0.1, -0.05) is 29.8 Å². The Morgan fingerprint density at radius 2 is 2.12 bits per heavy atom. The summed E-state index contributed by atoms with van der Waals surface area (Å²) in [6.45, 7) is 2.08. The van der Waals surface area contributed by atoms with Gasteiger partial charge in [0.05, 0.1) is 11.6 Å². The summed E-state index contributed by atoms with van der Waals surface area (Å²) in [5, 5.41) is 0. The number of nitrogens with zero attached hydrogens (tertiary/aromatic N) is 2. The number of alkyl halides is 1. The lowest BCUT2D eigenvalue weighted by Crippen LogP contribution is -1.98. The summed E-state index contributed by atoms with van der Waals surface area (Å²) in [7, 11) is 0. The van der Waals surface area contributed by atoms with Crippen LogP contribution in [0.4, 0.5) is 0 Å². The maximum atomic E-state index is 5.74. The molecule has 2 nitrogen and oxygen atoms in total. The first-order chi connectivity index (χ1) is 7.78. The molecule has 0 atom stereocenters. The molecule has 2 rings (SSSR count). The molecule has 0 bridgehead atoms. The highest BCUT2D eigenvalue weighted by Crippen LogP contribution is 2.09. The average molecular weight is 233 g/mol. The average Bonchev–Trinajstić information content (AvgIpc) is 2.29. The lowest BCUT2D eigenvalue weighted by Gasteiger charge is -2.02. The highest BCUT2D eigenvalue weighted by molar-refractivity contribution is 6.16. The largest absolute Gasteiger partial charge is 0.241 e. The molecule has 82 valence electrons. The second kappa shape index (κ2) is 5.08. The van der Waals surface area contributed by atoms with Crippen LogP contribution in [-0.2, 0) is 12.3 Å². The standard InChI is InChI=1S/C13H13ClN2/c1-10-3-2-4-11(7-10)8-13-15-6-5-12(9-14)16-13/h2-7H,8-9H2,1H3. The third-order valence-corrected chi connectivity index (χ3v) is 2.62. The van der Waals surface area contributed by atoms with Crippen LogP contribution >= 0.6 is 11.6 Å². The normalized spacial score (nSPS) is 10.4. The van der Waals surface area contributed by atoms with Gasteiger partial charge < -0.3 is 0 Å². The van der Waals surface area contributed by atoms with E-state index in [2.05, 4.69) is 41.2 Å². The SMILES string of the molecule is Cc1cccc(Cc2nccc(CCl)n2)c1. The minimum absolute atomic E-state index is 0.434. The zero-order valence-electron chi connectivity index (χ0n) is 9.15. The van der Waals surface area contributed by atoms with E-state index in [1.807, 2.05) is 6.07 Å². The lowest BCUT2D eigenvalue weighted by atomic mass is 10.1. The number of halogens is 1. The molecular weight excluding hydrogens is 220 g/mol. The Hall–Kier alpha value is -1.41. The Labute approximate surface area is 100 Å². The van der Waals surface area contributed by atoms with Gasteiger partial charge in [-0.25, -0.2) is 9.97 Å². The van der Waals surface area contributed by atoms with E-state index in [1.54, 1.807) is 6.20 Å². The first-order valence-corrected chi connectivity index (χ1v) is 5.73. The fraction of sp³-hybridized carbons (Fsp3) is 0.231. The fourth-order valence-corrected chi connectivity index (χ4v) is 1.75. The minimum Gasteiger partial charge on any atom is -0.241 e. The molecule has 0 aliphatic rings. The summed E-state index contributed by atoms with van der Waals surface area (Å²) in [6.07, 6.45) is 2.52. The van der Waals surface area contributed by atoms with E-state index in [9.17, 15) is 0 Å². The molecule has 0 saturated heterocycles. The molecule has 1 aromatic carbocycles. The van der Waals surface area contributed by atoms with Gasteiger partial charge in [0.2, 0.25) is 0 Å². The van der Waals surface area contributed by atoms with E-state index in [-0.39, 0.29) is 0 Å². The molecule has 1 heterocycles. The second-order valence-corrected chi connectivity index (χ2v) is 4.03. The van der Waals surface area contributed by atoms with Gasteiger partial charge in [-0.3, -0.25) is 0 Å². The predicted octanol–water partition coefficient (Wildman–Crippen LogP) is 3.11. The van der Waals surface area contributed by atoms with Crippen molar-refractivity contribution in [1.29, 1.82) is 0 Å². The van der Waals surface area contributed by atoms with Gasteiger partial charge in [0.15, 0.2) is 0 Å². The molecule has 0 amide bonds. The Morgan fingerprint density at radius 3 is 2.88 bits per heavy atom. The number of benzene rings is 1. The maximum Gasteiger partial charge on any atom is 0.132 e. The van der Waals surface area contributed by atoms with Crippen LogP contribution in [0.2, 0.25) is 0 Å². The third-order valence-electron chi connectivity index (χ3n) is 2.34. The van der Waals surface area contributed by atoms with Crippen LogP contribution < -0.4 is 0 Å². The molecule has 0 fully saturated rings. The molecule has 0 unspecified atom stereocenters. The maximum absolute atomic E-state index is 5.74. The number of aryl methyl sites for hydroxylation is 1. The zero-order chi connectivity index (χ0) is 11.4. The Morgan fingerprint density at radius 1 is 1.25 bits per heavy atom. The van der Waals surface area contributed by atoms with Gasteiger partial charge in [-0.05, 0) is 18.6 Å². The smallest absolute Gasteiger partial charge is 0.132 e. The number of rotatable bonds is 3. The lowest BCUT2D eigenvalue weighted by molar-refractivity contribution is 0.935. The van der Waals surface area contributed by atoms with Gasteiger partial charge in [-0.15, -0.1) is 11.6 Å². The molecule has 3 heteroatoms. The molecule has 16 heavy (non-hydrogen) atoms. The Bertz CT molecular complexity index is 483. The van der Waals surface area contributed by atoms with Crippen LogP contribution in [0.1, 0.15) is 22.6 Å². The molecule has 0 aliphatic carbocycles. The van der Waals surface area contributed by atoms with Crippen LogP contribution in [0.25, 0.3) is 0 Å². The number of hydrogen-bond donors (Lipinski definition) is 0. The molecule has 1 aromatic heterocycles. The van der Waals surface area contributed by atoms with Crippen molar-refractivity contribution in [1.82, 2.24) is 9.97 Å². The van der Waals surface area contributed by atoms with Crippen molar-refractivity contribution in [3.05, 3.63) is 59.2 Å².